The molecule has 0 saturated heterocycles. The van der Waals surface area contributed by atoms with Gasteiger partial charge in [0.15, 0.2) is 5.15 Å². The molecule has 8 nitrogen and oxygen atoms in total. The van der Waals surface area contributed by atoms with Gasteiger partial charge in [0.25, 0.3) is 5.91 Å². The van der Waals surface area contributed by atoms with E-state index in [1.54, 1.807) is 51.5 Å². The Morgan fingerprint density at radius 1 is 1.33 bits per heavy atom. The van der Waals surface area contributed by atoms with Gasteiger partial charge in [0, 0.05) is 25.1 Å². The first-order valence-corrected chi connectivity index (χ1v) is 9.08. The van der Waals surface area contributed by atoms with E-state index < -0.39 is 0 Å². The number of imidazole rings is 1. The first-order valence-electron chi connectivity index (χ1n) is 8.70. The Morgan fingerprint density at radius 2 is 2.22 bits per heavy atom. The molecule has 1 amide bonds. The highest BCUT2D eigenvalue weighted by molar-refractivity contribution is 6.32. The molecule has 3 aromatic rings. The standard InChI is InChI=1S/C18H19ClN6O2/c19-18-16(10-25(22-18)15-2-1-5-20-8-15)24(9-14-3-4-14)17(26)11-27-13-23-7-6-21-12-23/h1-2,5-8,10,12,14H,3-4,9,11,13H2. The molecule has 0 atom stereocenters. The Balaban J connectivity index is 1.49. The fourth-order valence-electron chi connectivity index (χ4n) is 2.72. The Morgan fingerprint density at radius 3 is 2.93 bits per heavy atom. The number of rotatable bonds is 8. The van der Waals surface area contributed by atoms with Crippen LogP contribution in [0.4, 0.5) is 5.69 Å². The number of halogens is 1. The Kier molecular flexibility index (Phi) is 5.17. The maximum atomic E-state index is 12.8. The smallest absolute Gasteiger partial charge is 0.253 e. The number of aromatic nitrogens is 5. The zero-order chi connectivity index (χ0) is 18.6. The first kappa shape index (κ1) is 17.7. The van der Waals surface area contributed by atoms with Crippen molar-refractivity contribution in [2.75, 3.05) is 18.1 Å². The average Bonchev–Trinajstić information content (AvgIpc) is 3.19. The molecule has 0 bridgehead atoms. The fourth-order valence-corrected chi connectivity index (χ4v) is 2.95. The van der Waals surface area contributed by atoms with Crippen molar-refractivity contribution in [3.05, 3.63) is 54.6 Å². The van der Waals surface area contributed by atoms with E-state index in [1.807, 2.05) is 12.1 Å². The number of ether oxygens (including phenoxy) is 1. The van der Waals surface area contributed by atoms with Crippen molar-refractivity contribution in [2.45, 2.75) is 19.6 Å². The van der Waals surface area contributed by atoms with Gasteiger partial charge < -0.3 is 14.2 Å². The lowest BCUT2D eigenvalue weighted by Crippen LogP contribution is -2.36. The molecule has 0 spiro atoms. The van der Waals surface area contributed by atoms with Gasteiger partial charge in [-0.15, -0.1) is 0 Å². The summed E-state index contributed by atoms with van der Waals surface area (Å²) in [6.45, 7) is 0.844. The van der Waals surface area contributed by atoms with Gasteiger partial charge >= 0.3 is 0 Å². The predicted octanol–water partition coefficient (Wildman–Crippen LogP) is 2.53. The van der Waals surface area contributed by atoms with E-state index in [0.29, 0.717) is 18.2 Å². The minimum absolute atomic E-state index is 0.0424. The van der Waals surface area contributed by atoms with E-state index in [1.165, 1.54) is 0 Å². The highest BCUT2D eigenvalue weighted by Gasteiger charge is 2.30. The second-order valence-corrected chi connectivity index (χ2v) is 6.82. The monoisotopic (exact) mass is 386 g/mol. The van der Waals surface area contributed by atoms with Crippen LogP contribution < -0.4 is 4.90 Å². The molecule has 1 aliphatic carbocycles. The number of anilines is 1. The maximum Gasteiger partial charge on any atom is 0.253 e. The summed E-state index contributed by atoms with van der Waals surface area (Å²) in [7, 11) is 0. The quantitative estimate of drug-likeness (QED) is 0.594. The molecule has 0 radical (unpaired) electrons. The molecule has 4 rings (SSSR count). The molecule has 1 saturated carbocycles. The number of carbonyl (C=O) groups is 1. The largest absolute Gasteiger partial charge is 0.351 e. The van der Waals surface area contributed by atoms with Crippen molar-refractivity contribution in [1.82, 2.24) is 24.3 Å². The normalized spacial score (nSPS) is 13.7. The van der Waals surface area contributed by atoms with Crippen molar-refractivity contribution >= 4 is 23.2 Å². The van der Waals surface area contributed by atoms with Crippen LogP contribution in [0.25, 0.3) is 5.69 Å². The van der Waals surface area contributed by atoms with Gasteiger partial charge in [0.2, 0.25) is 0 Å². The summed E-state index contributed by atoms with van der Waals surface area (Å²) in [5.74, 6) is 0.357. The van der Waals surface area contributed by atoms with Gasteiger partial charge in [-0.1, -0.05) is 11.6 Å². The van der Waals surface area contributed by atoms with Crippen LogP contribution in [0.15, 0.2) is 49.4 Å². The summed E-state index contributed by atoms with van der Waals surface area (Å²) in [6.07, 6.45) is 12.5. The van der Waals surface area contributed by atoms with Crippen LogP contribution in [0.5, 0.6) is 0 Å². The molecule has 0 unspecified atom stereocenters. The molecule has 140 valence electrons. The van der Waals surface area contributed by atoms with E-state index in [4.69, 9.17) is 16.3 Å². The van der Waals surface area contributed by atoms with Gasteiger partial charge in [0.1, 0.15) is 19.0 Å². The highest BCUT2D eigenvalue weighted by atomic mass is 35.5. The third-order valence-corrected chi connectivity index (χ3v) is 4.59. The Labute approximate surface area is 161 Å². The highest BCUT2D eigenvalue weighted by Crippen LogP contribution is 2.34. The summed E-state index contributed by atoms with van der Waals surface area (Å²) in [5, 5.41) is 4.61. The lowest BCUT2D eigenvalue weighted by molar-refractivity contribution is -0.124. The average molecular weight is 387 g/mol. The molecular formula is C18H19ClN6O2. The molecular weight excluding hydrogens is 368 g/mol. The van der Waals surface area contributed by atoms with Gasteiger partial charge in [-0.2, -0.15) is 5.10 Å². The van der Waals surface area contributed by atoms with E-state index in [9.17, 15) is 4.79 Å². The van der Waals surface area contributed by atoms with Crippen LogP contribution in [0.3, 0.4) is 0 Å². The Bertz CT molecular complexity index is 892. The zero-order valence-corrected chi connectivity index (χ0v) is 15.4. The topological polar surface area (TPSA) is 78.1 Å². The van der Waals surface area contributed by atoms with E-state index in [2.05, 4.69) is 15.1 Å². The maximum absolute atomic E-state index is 12.8. The number of hydrogen-bond acceptors (Lipinski definition) is 5. The van der Waals surface area contributed by atoms with Gasteiger partial charge in [0.05, 0.1) is 24.4 Å². The predicted molar refractivity (Wildman–Crippen MR) is 99.6 cm³/mol. The molecule has 1 fully saturated rings. The van der Waals surface area contributed by atoms with Crippen LogP contribution in [0.1, 0.15) is 12.8 Å². The van der Waals surface area contributed by atoms with Gasteiger partial charge in [-0.3, -0.25) is 9.78 Å². The van der Waals surface area contributed by atoms with Gasteiger partial charge in [-0.05, 0) is 30.9 Å². The molecule has 1 aliphatic rings. The number of pyridine rings is 1. The summed E-state index contributed by atoms with van der Waals surface area (Å²) in [4.78, 5) is 22.5. The van der Waals surface area contributed by atoms with E-state index >= 15 is 0 Å². The second-order valence-electron chi connectivity index (χ2n) is 6.46. The van der Waals surface area contributed by atoms with Gasteiger partial charge in [-0.25, -0.2) is 9.67 Å². The molecule has 3 heterocycles. The number of hydrogen-bond donors (Lipinski definition) is 0. The number of carbonyl (C=O) groups excluding carboxylic acids is 1. The lowest BCUT2D eigenvalue weighted by Gasteiger charge is -2.21. The Hall–Kier alpha value is -2.71. The van der Waals surface area contributed by atoms with Crippen molar-refractivity contribution in [3.63, 3.8) is 0 Å². The van der Waals surface area contributed by atoms with E-state index in [-0.39, 0.29) is 24.4 Å². The molecule has 27 heavy (non-hydrogen) atoms. The SMILES string of the molecule is O=C(COCn1ccnc1)N(CC1CC1)c1cn(-c2cccnc2)nc1Cl. The van der Waals surface area contributed by atoms with Crippen molar-refractivity contribution in [2.24, 2.45) is 5.92 Å². The van der Waals surface area contributed by atoms with Crippen LogP contribution >= 0.6 is 11.6 Å². The summed E-state index contributed by atoms with van der Waals surface area (Å²) >= 11 is 6.35. The van der Waals surface area contributed by atoms with Crippen molar-refractivity contribution in [1.29, 1.82) is 0 Å². The minimum atomic E-state index is -0.144. The number of nitrogens with zero attached hydrogens (tertiary/aromatic N) is 6. The molecule has 3 aromatic heterocycles. The summed E-state index contributed by atoms with van der Waals surface area (Å²) < 4.78 is 8.91. The second kappa shape index (κ2) is 7.89. The minimum Gasteiger partial charge on any atom is -0.351 e. The van der Waals surface area contributed by atoms with Crippen LogP contribution in [0.2, 0.25) is 5.15 Å². The van der Waals surface area contributed by atoms with Crippen molar-refractivity contribution in [3.8, 4) is 5.69 Å². The number of amides is 1. The zero-order valence-electron chi connectivity index (χ0n) is 14.6. The van der Waals surface area contributed by atoms with Crippen molar-refractivity contribution < 1.29 is 9.53 Å². The van der Waals surface area contributed by atoms with Crippen LogP contribution in [-0.4, -0.2) is 43.4 Å². The molecule has 9 heteroatoms. The molecule has 0 N–H and O–H groups in total. The van der Waals surface area contributed by atoms with Crippen LogP contribution in [-0.2, 0) is 16.3 Å². The third kappa shape index (κ3) is 4.35. The third-order valence-electron chi connectivity index (χ3n) is 4.32. The van der Waals surface area contributed by atoms with Crippen LogP contribution in [0, 0.1) is 5.92 Å². The molecule has 0 aromatic carbocycles. The first-order chi connectivity index (χ1) is 13.2. The van der Waals surface area contributed by atoms with E-state index in [0.717, 1.165) is 18.5 Å². The fraction of sp³-hybridized carbons (Fsp3) is 0.333. The summed E-state index contributed by atoms with van der Waals surface area (Å²) in [6, 6.07) is 3.70. The molecule has 0 aliphatic heterocycles. The lowest BCUT2D eigenvalue weighted by atomic mass is 10.3. The summed E-state index contributed by atoms with van der Waals surface area (Å²) in [5.41, 5.74) is 1.37.